The average molecular weight is 346 g/mol. The highest BCUT2D eigenvalue weighted by Crippen LogP contribution is 2.28. The SMILES string of the molecule is Cc1c(NC(=O)c2cc(C=O)cn(C)c2=O)cccc1-c1ccccc1. The number of hydrogen-bond acceptors (Lipinski definition) is 3. The van der Waals surface area contributed by atoms with Crippen molar-refractivity contribution in [3.63, 3.8) is 0 Å². The Kier molecular flexibility index (Phi) is 4.80. The summed E-state index contributed by atoms with van der Waals surface area (Å²) in [6.07, 6.45) is 2.00. The Morgan fingerprint density at radius 1 is 1.08 bits per heavy atom. The summed E-state index contributed by atoms with van der Waals surface area (Å²) < 4.78 is 1.23. The van der Waals surface area contributed by atoms with Gasteiger partial charge in [-0.2, -0.15) is 0 Å². The molecule has 5 heteroatoms. The minimum absolute atomic E-state index is 0.0679. The molecule has 5 nitrogen and oxygen atoms in total. The van der Waals surface area contributed by atoms with E-state index < -0.39 is 11.5 Å². The van der Waals surface area contributed by atoms with Gasteiger partial charge in [0, 0.05) is 24.5 Å². The van der Waals surface area contributed by atoms with Crippen molar-refractivity contribution in [2.45, 2.75) is 6.92 Å². The smallest absolute Gasteiger partial charge is 0.263 e. The summed E-state index contributed by atoms with van der Waals surface area (Å²) >= 11 is 0. The van der Waals surface area contributed by atoms with E-state index in [0.717, 1.165) is 16.7 Å². The quantitative estimate of drug-likeness (QED) is 0.736. The van der Waals surface area contributed by atoms with Crippen molar-refractivity contribution in [2.24, 2.45) is 7.05 Å². The monoisotopic (exact) mass is 346 g/mol. The zero-order chi connectivity index (χ0) is 18.7. The van der Waals surface area contributed by atoms with E-state index in [1.165, 1.54) is 23.9 Å². The fraction of sp³-hybridized carbons (Fsp3) is 0.0952. The summed E-state index contributed by atoms with van der Waals surface area (Å²) in [5.41, 5.74) is 3.31. The minimum atomic E-state index is -0.539. The molecule has 1 aromatic heterocycles. The van der Waals surface area contributed by atoms with Gasteiger partial charge in [-0.15, -0.1) is 0 Å². The number of nitrogens with one attached hydrogen (secondary N) is 1. The van der Waals surface area contributed by atoms with Crippen LogP contribution in [0.15, 0.2) is 65.6 Å². The van der Waals surface area contributed by atoms with Gasteiger partial charge in [0.05, 0.1) is 0 Å². The van der Waals surface area contributed by atoms with Crippen LogP contribution in [0.2, 0.25) is 0 Å². The molecule has 0 saturated heterocycles. The molecule has 0 radical (unpaired) electrons. The van der Waals surface area contributed by atoms with Crippen molar-refractivity contribution in [3.05, 3.63) is 87.8 Å². The highest BCUT2D eigenvalue weighted by atomic mass is 16.2. The molecule has 3 aromatic rings. The van der Waals surface area contributed by atoms with E-state index in [1.54, 1.807) is 6.07 Å². The van der Waals surface area contributed by atoms with Crippen molar-refractivity contribution in [1.29, 1.82) is 0 Å². The Labute approximate surface area is 150 Å². The van der Waals surface area contributed by atoms with Crippen molar-refractivity contribution in [2.75, 3.05) is 5.32 Å². The van der Waals surface area contributed by atoms with E-state index >= 15 is 0 Å². The van der Waals surface area contributed by atoms with Gasteiger partial charge < -0.3 is 9.88 Å². The Bertz CT molecular complexity index is 1040. The second-order valence-corrected chi connectivity index (χ2v) is 6.02. The van der Waals surface area contributed by atoms with E-state index in [9.17, 15) is 14.4 Å². The van der Waals surface area contributed by atoms with Crippen LogP contribution in [0.25, 0.3) is 11.1 Å². The van der Waals surface area contributed by atoms with Gasteiger partial charge in [0.15, 0.2) is 6.29 Å². The van der Waals surface area contributed by atoms with Gasteiger partial charge in [-0.25, -0.2) is 0 Å². The first-order valence-electron chi connectivity index (χ1n) is 8.13. The predicted molar refractivity (Wildman–Crippen MR) is 102 cm³/mol. The maximum atomic E-state index is 12.6. The Morgan fingerprint density at radius 2 is 1.81 bits per heavy atom. The summed E-state index contributed by atoms with van der Waals surface area (Å²) in [6.45, 7) is 1.91. The molecule has 0 bridgehead atoms. The van der Waals surface area contributed by atoms with E-state index in [0.29, 0.717) is 12.0 Å². The van der Waals surface area contributed by atoms with Crippen LogP contribution in [-0.2, 0) is 7.05 Å². The molecule has 0 aliphatic rings. The summed E-state index contributed by atoms with van der Waals surface area (Å²) in [6, 6.07) is 16.8. The second-order valence-electron chi connectivity index (χ2n) is 6.02. The molecule has 0 saturated carbocycles. The molecule has 0 unspecified atom stereocenters. The van der Waals surface area contributed by atoms with Crippen LogP contribution in [-0.4, -0.2) is 16.8 Å². The van der Waals surface area contributed by atoms with Crippen LogP contribution in [0.3, 0.4) is 0 Å². The van der Waals surface area contributed by atoms with Crippen molar-refractivity contribution in [1.82, 2.24) is 4.57 Å². The van der Waals surface area contributed by atoms with Gasteiger partial charge in [-0.1, -0.05) is 42.5 Å². The molecule has 1 heterocycles. The molecule has 2 aromatic carbocycles. The fourth-order valence-corrected chi connectivity index (χ4v) is 2.86. The summed E-state index contributed by atoms with van der Waals surface area (Å²) in [5, 5.41) is 2.79. The third-order valence-electron chi connectivity index (χ3n) is 4.25. The van der Waals surface area contributed by atoms with Crippen molar-refractivity contribution < 1.29 is 9.59 Å². The van der Waals surface area contributed by atoms with Gasteiger partial charge in [0.2, 0.25) is 0 Å². The van der Waals surface area contributed by atoms with Crippen LogP contribution in [0, 0.1) is 6.92 Å². The normalized spacial score (nSPS) is 10.4. The number of rotatable bonds is 4. The zero-order valence-electron chi connectivity index (χ0n) is 14.5. The maximum absolute atomic E-state index is 12.6. The van der Waals surface area contributed by atoms with E-state index in [2.05, 4.69) is 5.32 Å². The number of amides is 1. The molecular weight excluding hydrogens is 328 g/mol. The second kappa shape index (κ2) is 7.19. The Morgan fingerprint density at radius 3 is 2.50 bits per heavy atom. The number of benzene rings is 2. The molecule has 0 aliphatic carbocycles. The van der Waals surface area contributed by atoms with Crippen LogP contribution >= 0.6 is 0 Å². The van der Waals surface area contributed by atoms with Gasteiger partial charge >= 0.3 is 0 Å². The summed E-state index contributed by atoms with van der Waals surface area (Å²) in [5.74, 6) is -0.539. The molecule has 3 rings (SSSR count). The molecule has 0 aliphatic heterocycles. The van der Waals surface area contributed by atoms with Crippen LogP contribution in [0.5, 0.6) is 0 Å². The highest BCUT2D eigenvalue weighted by Gasteiger charge is 2.15. The predicted octanol–water partition coefficient (Wildman–Crippen LogP) is 3.43. The lowest BCUT2D eigenvalue weighted by molar-refractivity contribution is 0.102. The average Bonchev–Trinajstić information content (AvgIpc) is 2.66. The molecule has 0 atom stereocenters. The third kappa shape index (κ3) is 3.32. The lowest BCUT2D eigenvalue weighted by Gasteiger charge is -2.13. The van der Waals surface area contributed by atoms with Gasteiger partial charge in [0.25, 0.3) is 11.5 Å². The summed E-state index contributed by atoms with van der Waals surface area (Å²) in [7, 11) is 1.51. The molecule has 130 valence electrons. The van der Waals surface area contributed by atoms with Gasteiger partial charge in [-0.05, 0) is 35.7 Å². The third-order valence-corrected chi connectivity index (χ3v) is 4.25. The van der Waals surface area contributed by atoms with Gasteiger partial charge in [0.1, 0.15) is 5.56 Å². The number of aldehydes is 1. The van der Waals surface area contributed by atoms with E-state index in [1.807, 2.05) is 49.4 Å². The maximum Gasteiger partial charge on any atom is 0.263 e. The molecule has 1 amide bonds. The van der Waals surface area contributed by atoms with Crippen LogP contribution < -0.4 is 10.9 Å². The molecule has 1 N–H and O–H groups in total. The number of carbonyl (C=O) groups excluding carboxylic acids is 2. The van der Waals surface area contributed by atoms with Crippen LogP contribution in [0.4, 0.5) is 5.69 Å². The number of pyridine rings is 1. The van der Waals surface area contributed by atoms with E-state index in [4.69, 9.17) is 0 Å². The number of aryl methyl sites for hydroxylation is 1. The standard InChI is InChI=1S/C21H18N2O3/c1-14-17(16-7-4-3-5-8-16)9-6-10-19(14)22-20(25)18-11-15(13-24)12-23(2)21(18)26/h3-13H,1-2H3,(H,22,25). The number of anilines is 1. The van der Waals surface area contributed by atoms with Crippen molar-refractivity contribution >= 4 is 17.9 Å². The fourth-order valence-electron chi connectivity index (χ4n) is 2.86. The number of nitrogens with zero attached hydrogens (tertiary/aromatic N) is 1. The van der Waals surface area contributed by atoms with Crippen LogP contribution in [0.1, 0.15) is 26.3 Å². The minimum Gasteiger partial charge on any atom is -0.322 e. The molecular formula is C21H18N2O3. The molecule has 0 fully saturated rings. The Hall–Kier alpha value is -3.47. The first kappa shape index (κ1) is 17.4. The number of aromatic nitrogens is 1. The zero-order valence-corrected chi connectivity index (χ0v) is 14.5. The van der Waals surface area contributed by atoms with Crippen molar-refractivity contribution in [3.8, 4) is 11.1 Å². The lowest BCUT2D eigenvalue weighted by atomic mass is 9.99. The number of carbonyl (C=O) groups is 2. The lowest BCUT2D eigenvalue weighted by Crippen LogP contribution is -2.28. The topological polar surface area (TPSA) is 68.2 Å². The first-order chi connectivity index (χ1) is 12.5. The highest BCUT2D eigenvalue weighted by molar-refractivity contribution is 6.05. The van der Waals surface area contributed by atoms with Gasteiger partial charge in [-0.3, -0.25) is 14.4 Å². The number of hydrogen-bond donors (Lipinski definition) is 1. The Balaban J connectivity index is 1.98. The molecule has 26 heavy (non-hydrogen) atoms. The summed E-state index contributed by atoms with van der Waals surface area (Å²) in [4.78, 5) is 35.9. The largest absolute Gasteiger partial charge is 0.322 e. The molecule has 0 spiro atoms. The van der Waals surface area contributed by atoms with E-state index in [-0.39, 0.29) is 11.1 Å². The first-order valence-corrected chi connectivity index (χ1v) is 8.13.